The Morgan fingerprint density at radius 2 is 2.10 bits per heavy atom. The Kier molecular flexibility index (Phi) is 5.42. The molecule has 5 heteroatoms. The zero-order valence-electron chi connectivity index (χ0n) is 12.2. The molecule has 0 aliphatic carbocycles. The Labute approximate surface area is 131 Å². The maximum atomic E-state index is 4.05. The number of hydrogen-bond acceptors (Lipinski definition) is 2. The van der Waals surface area contributed by atoms with Crippen LogP contribution in [0.4, 0.5) is 0 Å². The largest absolute Gasteiger partial charge is 0.350 e. The summed E-state index contributed by atoms with van der Waals surface area (Å²) >= 11 is 0. The van der Waals surface area contributed by atoms with Crippen LogP contribution in [0.2, 0.25) is 0 Å². The number of fused-ring (bicyclic) bond motifs is 1. The predicted molar refractivity (Wildman–Crippen MR) is 88.7 cm³/mol. The van der Waals surface area contributed by atoms with Crippen molar-refractivity contribution in [1.82, 2.24) is 19.4 Å². The number of nitrogens with zero attached hydrogens (tertiary/aromatic N) is 3. The van der Waals surface area contributed by atoms with Crippen molar-refractivity contribution in [1.29, 1.82) is 0 Å². The molecule has 21 heavy (non-hydrogen) atoms. The Balaban J connectivity index is 0.00000161. The Hall–Kier alpha value is -1.78. The standard InChI is InChI=1S/C16H20N4.ClH/c1-19-12-14(15-5-2-3-6-16(15)19)11-17-7-4-9-20-10-8-18-13-20;/h2-3,5-6,8,10,12-13,17H,4,7,9,11H2,1H3;1H. The van der Waals surface area contributed by atoms with E-state index in [1.54, 1.807) is 0 Å². The van der Waals surface area contributed by atoms with Crippen molar-refractivity contribution in [2.75, 3.05) is 6.54 Å². The summed E-state index contributed by atoms with van der Waals surface area (Å²) in [7, 11) is 2.10. The highest BCUT2D eigenvalue weighted by Gasteiger charge is 2.04. The molecule has 2 aromatic heterocycles. The van der Waals surface area contributed by atoms with E-state index in [0.717, 1.165) is 26.1 Å². The highest BCUT2D eigenvalue weighted by molar-refractivity contribution is 5.85. The van der Waals surface area contributed by atoms with Gasteiger partial charge in [-0.2, -0.15) is 0 Å². The van der Waals surface area contributed by atoms with Gasteiger partial charge in [0.05, 0.1) is 6.33 Å². The lowest BCUT2D eigenvalue weighted by Crippen LogP contribution is -2.16. The van der Waals surface area contributed by atoms with Gasteiger partial charge in [0.1, 0.15) is 0 Å². The van der Waals surface area contributed by atoms with Gasteiger partial charge in [0.15, 0.2) is 0 Å². The number of hydrogen-bond donors (Lipinski definition) is 1. The summed E-state index contributed by atoms with van der Waals surface area (Å²) in [4.78, 5) is 4.05. The van der Waals surface area contributed by atoms with Crippen molar-refractivity contribution in [3.63, 3.8) is 0 Å². The van der Waals surface area contributed by atoms with Gasteiger partial charge in [-0.1, -0.05) is 18.2 Å². The number of para-hydroxylation sites is 1. The fraction of sp³-hybridized carbons (Fsp3) is 0.312. The van der Waals surface area contributed by atoms with E-state index in [-0.39, 0.29) is 12.4 Å². The first kappa shape index (κ1) is 15.6. The van der Waals surface area contributed by atoms with E-state index in [1.807, 2.05) is 18.7 Å². The third-order valence-corrected chi connectivity index (χ3v) is 3.62. The molecule has 3 aromatic rings. The van der Waals surface area contributed by atoms with Gasteiger partial charge in [-0.25, -0.2) is 4.98 Å². The number of benzene rings is 1. The number of aryl methyl sites for hydroxylation is 2. The fourth-order valence-electron chi connectivity index (χ4n) is 2.60. The van der Waals surface area contributed by atoms with Crippen LogP contribution >= 0.6 is 12.4 Å². The van der Waals surface area contributed by atoms with Crippen molar-refractivity contribution in [2.45, 2.75) is 19.5 Å². The van der Waals surface area contributed by atoms with Crippen molar-refractivity contribution in [3.8, 4) is 0 Å². The summed E-state index contributed by atoms with van der Waals surface area (Å²) < 4.78 is 4.30. The molecule has 0 radical (unpaired) electrons. The minimum atomic E-state index is 0. The second-order valence-corrected chi connectivity index (χ2v) is 5.11. The van der Waals surface area contributed by atoms with E-state index in [1.165, 1.54) is 16.5 Å². The highest BCUT2D eigenvalue weighted by Crippen LogP contribution is 2.19. The Morgan fingerprint density at radius 1 is 1.24 bits per heavy atom. The topological polar surface area (TPSA) is 34.8 Å². The normalized spacial score (nSPS) is 10.7. The van der Waals surface area contributed by atoms with E-state index >= 15 is 0 Å². The van der Waals surface area contributed by atoms with Gasteiger partial charge >= 0.3 is 0 Å². The summed E-state index contributed by atoms with van der Waals surface area (Å²) in [5.74, 6) is 0. The maximum Gasteiger partial charge on any atom is 0.0945 e. The summed E-state index contributed by atoms with van der Waals surface area (Å²) in [6, 6.07) is 8.55. The molecule has 112 valence electrons. The molecule has 0 saturated carbocycles. The molecule has 0 unspecified atom stereocenters. The lowest BCUT2D eigenvalue weighted by molar-refractivity contribution is 0.581. The van der Waals surface area contributed by atoms with Crippen LogP contribution in [-0.4, -0.2) is 20.7 Å². The second-order valence-electron chi connectivity index (χ2n) is 5.11. The summed E-state index contributed by atoms with van der Waals surface area (Å²) in [5, 5.41) is 4.87. The molecule has 0 amide bonds. The Bertz CT molecular complexity index is 673. The van der Waals surface area contributed by atoms with Gasteiger partial charge in [-0.05, 0) is 24.6 Å². The van der Waals surface area contributed by atoms with Gasteiger partial charge in [0.25, 0.3) is 0 Å². The van der Waals surface area contributed by atoms with Crippen LogP contribution in [-0.2, 0) is 20.1 Å². The molecule has 0 aliphatic heterocycles. The van der Waals surface area contributed by atoms with E-state index in [4.69, 9.17) is 0 Å². The molecule has 2 heterocycles. The lowest BCUT2D eigenvalue weighted by atomic mass is 10.2. The fourth-order valence-corrected chi connectivity index (χ4v) is 2.60. The molecule has 0 bridgehead atoms. The molecule has 0 atom stereocenters. The first-order valence-corrected chi connectivity index (χ1v) is 7.04. The van der Waals surface area contributed by atoms with Gasteiger partial charge in [0, 0.05) is 49.6 Å². The number of aromatic nitrogens is 3. The van der Waals surface area contributed by atoms with Crippen molar-refractivity contribution >= 4 is 23.3 Å². The minimum absolute atomic E-state index is 0. The first-order valence-electron chi connectivity index (χ1n) is 7.04. The molecule has 0 saturated heterocycles. The van der Waals surface area contributed by atoms with E-state index < -0.39 is 0 Å². The summed E-state index contributed by atoms with van der Waals surface area (Å²) in [5.41, 5.74) is 2.66. The van der Waals surface area contributed by atoms with E-state index in [9.17, 15) is 0 Å². The van der Waals surface area contributed by atoms with Gasteiger partial charge in [0.2, 0.25) is 0 Å². The van der Waals surface area contributed by atoms with Crippen LogP contribution < -0.4 is 5.32 Å². The maximum absolute atomic E-state index is 4.05. The van der Waals surface area contributed by atoms with Gasteiger partial charge in [-0.15, -0.1) is 12.4 Å². The quantitative estimate of drug-likeness (QED) is 0.711. The van der Waals surface area contributed by atoms with Crippen LogP contribution in [0.5, 0.6) is 0 Å². The van der Waals surface area contributed by atoms with Crippen LogP contribution in [0.25, 0.3) is 10.9 Å². The van der Waals surface area contributed by atoms with Crippen LogP contribution in [0.15, 0.2) is 49.2 Å². The zero-order valence-corrected chi connectivity index (χ0v) is 13.0. The molecule has 0 fully saturated rings. The van der Waals surface area contributed by atoms with Crippen LogP contribution in [0.1, 0.15) is 12.0 Å². The number of halogens is 1. The number of nitrogens with one attached hydrogen (secondary N) is 1. The van der Waals surface area contributed by atoms with E-state index in [0.29, 0.717) is 0 Å². The van der Waals surface area contributed by atoms with Crippen molar-refractivity contribution in [3.05, 3.63) is 54.7 Å². The lowest BCUT2D eigenvalue weighted by Gasteiger charge is -2.04. The monoisotopic (exact) mass is 304 g/mol. The molecule has 1 aromatic carbocycles. The van der Waals surface area contributed by atoms with Gasteiger partial charge < -0.3 is 14.5 Å². The average Bonchev–Trinajstić information content (AvgIpc) is 3.08. The molecule has 3 rings (SSSR count). The Morgan fingerprint density at radius 3 is 2.90 bits per heavy atom. The zero-order chi connectivity index (χ0) is 13.8. The second kappa shape index (κ2) is 7.29. The third kappa shape index (κ3) is 3.65. The SMILES string of the molecule is Cl.Cn1cc(CNCCCn2ccnc2)c2ccccc21. The van der Waals surface area contributed by atoms with E-state index in [2.05, 4.69) is 56.9 Å². The van der Waals surface area contributed by atoms with Crippen molar-refractivity contribution < 1.29 is 0 Å². The predicted octanol–water partition coefficient (Wildman–Crippen LogP) is 2.98. The molecule has 4 nitrogen and oxygen atoms in total. The van der Waals surface area contributed by atoms with Crippen LogP contribution in [0.3, 0.4) is 0 Å². The minimum Gasteiger partial charge on any atom is -0.350 e. The summed E-state index contributed by atoms with van der Waals surface area (Å²) in [6.45, 7) is 2.95. The summed E-state index contributed by atoms with van der Waals surface area (Å²) in [6.07, 6.45) is 9.02. The highest BCUT2D eigenvalue weighted by atomic mass is 35.5. The van der Waals surface area contributed by atoms with Gasteiger partial charge in [-0.3, -0.25) is 0 Å². The molecular formula is C16H21ClN4. The average molecular weight is 305 g/mol. The first-order chi connectivity index (χ1) is 9.84. The van der Waals surface area contributed by atoms with Crippen molar-refractivity contribution in [2.24, 2.45) is 7.05 Å². The van der Waals surface area contributed by atoms with Crippen LogP contribution in [0, 0.1) is 0 Å². The third-order valence-electron chi connectivity index (χ3n) is 3.62. The molecule has 0 aliphatic rings. The smallest absolute Gasteiger partial charge is 0.0945 e. The molecule has 0 spiro atoms. The number of imidazole rings is 1. The molecular weight excluding hydrogens is 284 g/mol. The number of rotatable bonds is 6. The molecule has 1 N–H and O–H groups in total.